The molecule has 1 fully saturated rings. The second-order valence-electron chi connectivity index (χ2n) is 6.14. The quantitative estimate of drug-likeness (QED) is 0.553. The van der Waals surface area contributed by atoms with Crippen molar-refractivity contribution in [3.63, 3.8) is 0 Å². The van der Waals surface area contributed by atoms with Crippen LogP contribution in [0.15, 0.2) is 59.2 Å². The van der Waals surface area contributed by atoms with Gasteiger partial charge in [0, 0.05) is 11.0 Å². The highest BCUT2D eigenvalue weighted by Gasteiger charge is 2.26. The molecule has 0 saturated carbocycles. The highest BCUT2D eigenvalue weighted by molar-refractivity contribution is 6.12. The Morgan fingerprint density at radius 3 is 2.64 bits per heavy atom. The predicted molar refractivity (Wildman–Crippen MR) is 93.8 cm³/mol. The van der Waals surface area contributed by atoms with Crippen LogP contribution in [0.3, 0.4) is 0 Å². The van der Waals surface area contributed by atoms with Crippen molar-refractivity contribution >= 4 is 28.7 Å². The number of rotatable bonds is 1. The molecule has 1 saturated heterocycles. The second kappa shape index (κ2) is 5.63. The molecule has 4 rings (SSSR count). The maximum atomic E-state index is 11.8. The van der Waals surface area contributed by atoms with Crippen LogP contribution >= 0.6 is 0 Å². The molecule has 1 aliphatic carbocycles. The number of amides is 2. The maximum Gasteiger partial charge on any atom is 0.257 e. The summed E-state index contributed by atoms with van der Waals surface area (Å²) in [6.07, 6.45) is 6.29. The lowest BCUT2D eigenvalue weighted by molar-refractivity contribution is -0.129. The largest absolute Gasteiger partial charge is 0.504 e. The number of nitrogens with one attached hydrogen (secondary N) is 1. The van der Waals surface area contributed by atoms with Gasteiger partial charge in [0.2, 0.25) is 5.91 Å². The number of carbonyl (C=O) groups excluding carboxylic acids is 2. The molecule has 3 N–H and O–H groups in total. The van der Waals surface area contributed by atoms with Gasteiger partial charge in [0.25, 0.3) is 5.91 Å². The van der Waals surface area contributed by atoms with Crippen molar-refractivity contribution in [2.75, 3.05) is 0 Å². The zero-order chi connectivity index (χ0) is 17.6. The average molecular weight is 333 g/mol. The maximum absolute atomic E-state index is 11.8. The van der Waals surface area contributed by atoms with E-state index in [1.54, 1.807) is 12.1 Å². The van der Waals surface area contributed by atoms with Gasteiger partial charge in [-0.3, -0.25) is 14.9 Å². The van der Waals surface area contributed by atoms with E-state index >= 15 is 0 Å². The van der Waals surface area contributed by atoms with Crippen molar-refractivity contribution in [2.45, 2.75) is 12.8 Å². The van der Waals surface area contributed by atoms with E-state index in [1.807, 2.05) is 30.4 Å². The number of piperidine rings is 1. The second-order valence-corrected chi connectivity index (χ2v) is 6.14. The molecule has 0 bridgehead atoms. The SMILES string of the molecule is O=C1CC2=CC(=Cc3cc(O)c(O)c4ccccc34)CC=C2C(=O)N1. The normalized spacial score (nSPS) is 18.6. The van der Waals surface area contributed by atoms with E-state index in [-0.39, 0.29) is 29.7 Å². The molecule has 5 heteroatoms. The molecule has 2 aromatic rings. The van der Waals surface area contributed by atoms with Crippen molar-refractivity contribution in [1.29, 1.82) is 0 Å². The molecule has 2 amide bonds. The van der Waals surface area contributed by atoms with Crippen LogP contribution in [0.2, 0.25) is 0 Å². The number of phenols is 2. The van der Waals surface area contributed by atoms with E-state index in [0.29, 0.717) is 23.0 Å². The van der Waals surface area contributed by atoms with Gasteiger partial charge in [0.1, 0.15) is 0 Å². The molecule has 0 aromatic heterocycles. The van der Waals surface area contributed by atoms with Crippen molar-refractivity contribution in [3.8, 4) is 11.5 Å². The fraction of sp³-hybridized carbons (Fsp3) is 0.100. The molecular weight excluding hydrogens is 318 g/mol. The lowest BCUT2D eigenvalue weighted by atomic mass is 9.88. The first-order valence-corrected chi connectivity index (χ1v) is 7.92. The van der Waals surface area contributed by atoms with Gasteiger partial charge >= 0.3 is 0 Å². The van der Waals surface area contributed by atoms with Gasteiger partial charge in [-0.25, -0.2) is 0 Å². The summed E-state index contributed by atoms with van der Waals surface area (Å²) < 4.78 is 0. The van der Waals surface area contributed by atoms with Crippen molar-refractivity contribution in [2.24, 2.45) is 0 Å². The summed E-state index contributed by atoms with van der Waals surface area (Å²) in [6, 6.07) is 8.79. The van der Waals surface area contributed by atoms with E-state index < -0.39 is 0 Å². The van der Waals surface area contributed by atoms with Gasteiger partial charge in [0.05, 0.1) is 6.42 Å². The van der Waals surface area contributed by atoms with Crippen LogP contribution in [0, 0.1) is 0 Å². The number of carbonyl (C=O) groups is 2. The summed E-state index contributed by atoms with van der Waals surface area (Å²) >= 11 is 0. The van der Waals surface area contributed by atoms with Gasteiger partial charge in [-0.15, -0.1) is 0 Å². The van der Waals surface area contributed by atoms with Crippen LogP contribution in [-0.4, -0.2) is 22.0 Å². The summed E-state index contributed by atoms with van der Waals surface area (Å²) in [4.78, 5) is 23.4. The van der Waals surface area contributed by atoms with Gasteiger partial charge in [-0.05, 0) is 34.6 Å². The Labute approximate surface area is 143 Å². The van der Waals surface area contributed by atoms with Crippen LogP contribution in [0.4, 0.5) is 0 Å². The van der Waals surface area contributed by atoms with Gasteiger partial charge in [-0.2, -0.15) is 0 Å². The molecule has 5 nitrogen and oxygen atoms in total. The minimum atomic E-state index is -0.353. The summed E-state index contributed by atoms with van der Waals surface area (Å²) in [5, 5.41) is 23.7. The Morgan fingerprint density at radius 2 is 1.84 bits per heavy atom. The van der Waals surface area contributed by atoms with Crippen LogP contribution in [0.5, 0.6) is 11.5 Å². The molecule has 0 radical (unpaired) electrons. The minimum absolute atomic E-state index is 0.142. The van der Waals surface area contributed by atoms with E-state index in [0.717, 1.165) is 16.5 Å². The van der Waals surface area contributed by atoms with E-state index in [2.05, 4.69) is 5.32 Å². The third kappa shape index (κ3) is 2.59. The molecule has 2 aromatic carbocycles. The van der Waals surface area contributed by atoms with E-state index in [1.165, 1.54) is 6.07 Å². The highest BCUT2D eigenvalue weighted by atomic mass is 16.3. The Morgan fingerprint density at radius 1 is 1.08 bits per heavy atom. The molecule has 0 unspecified atom stereocenters. The number of allylic oxidation sites excluding steroid dienone is 3. The van der Waals surface area contributed by atoms with E-state index in [4.69, 9.17) is 0 Å². The molecule has 124 valence electrons. The Hall–Kier alpha value is -3.34. The number of benzene rings is 2. The standard InChI is InChI=1S/C20H15NO4/c22-17-9-12(14-3-1-2-4-16(14)19(17)24)7-11-5-6-15-13(8-11)10-18(23)21-20(15)25/h1-4,6-9,22,24H,5,10H2,(H,21,23,25). The van der Waals surface area contributed by atoms with Crippen LogP contribution in [0.1, 0.15) is 18.4 Å². The van der Waals surface area contributed by atoms with Crippen LogP contribution in [0.25, 0.3) is 16.8 Å². The monoisotopic (exact) mass is 333 g/mol. The average Bonchev–Trinajstić information content (AvgIpc) is 2.59. The Kier molecular flexibility index (Phi) is 3.42. The van der Waals surface area contributed by atoms with Gasteiger partial charge in [0.15, 0.2) is 11.5 Å². The minimum Gasteiger partial charge on any atom is -0.504 e. The molecular formula is C20H15NO4. The van der Waals surface area contributed by atoms with Gasteiger partial charge in [-0.1, -0.05) is 42.5 Å². The lowest BCUT2D eigenvalue weighted by Gasteiger charge is -2.21. The molecule has 0 spiro atoms. The van der Waals surface area contributed by atoms with Crippen molar-refractivity contribution in [3.05, 3.63) is 64.8 Å². The topological polar surface area (TPSA) is 86.6 Å². The molecule has 25 heavy (non-hydrogen) atoms. The number of imide groups is 1. The predicted octanol–water partition coefficient (Wildman–Crippen LogP) is 2.94. The van der Waals surface area contributed by atoms with Crippen molar-refractivity contribution < 1.29 is 19.8 Å². The van der Waals surface area contributed by atoms with Gasteiger partial charge < -0.3 is 10.2 Å². The highest BCUT2D eigenvalue weighted by Crippen LogP contribution is 2.38. The number of hydrogen-bond acceptors (Lipinski definition) is 4. The fourth-order valence-corrected chi connectivity index (χ4v) is 3.30. The Balaban J connectivity index is 1.81. The zero-order valence-corrected chi connectivity index (χ0v) is 13.2. The summed E-state index contributed by atoms with van der Waals surface area (Å²) in [5.41, 5.74) is 2.95. The smallest absolute Gasteiger partial charge is 0.257 e. The first kappa shape index (κ1) is 15.2. The zero-order valence-electron chi connectivity index (χ0n) is 13.2. The molecule has 2 aliphatic rings. The third-order valence-electron chi connectivity index (χ3n) is 4.46. The van der Waals surface area contributed by atoms with Crippen LogP contribution < -0.4 is 5.32 Å². The summed E-state index contributed by atoms with van der Waals surface area (Å²) in [7, 11) is 0. The molecule has 1 heterocycles. The first-order chi connectivity index (χ1) is 12.0. The fourth-order valence-electron chi connectivity index (χ4n) is 3.30. The number of fused-ring (bicyclic) bond motifs is 2. The summed E-state index contributed by atoms with van der Waals surface area (Å²) in [5.74, 6) is -0.981. The van der Waals surface area contributed by atoms with Crippen LogP contribution in [-0.2, 0) is 9.59 Å². The van der Waals surface area contributed by atoms with E-state index in [9.17, 15) is 19.8 Å². The molecule has 0 atom stereocenters. The number of aromatic hydroxyl groups is 2. The molecule has 1 aliphatic heterocycles. The van der Waals surface area contributed by atoms with Crippen molar-refractivity contribution in [1.82, 2.24) is 5.32 Å². The lowest BCUT2D eigenvalue weighted by Crippen LogP contribution is -2.37. The summed E-state index contributed by atoms with van der Waals surface area (Å²) in [6.45, 7) is 0. The third-order valence-corrected chi connectivity index (χ3v) is 4.46. The number of phenolic OH excluding ortho intramolecular Hbond substituents is 2. The first-order valence-electron chi connectivity index (χ1n) is 7.92. The Bertz CT molecular complexity index is 1030. The number of hydrogen-bond donors (Lipinski definition) is 3.